The molecule has 0 spiro atoms. The summed E-state index contributed by atoms with van der Waals surface area (Å²) in [4.78, 5) is 46.3. The first-order valence-corrected chi connectivity index (χ1v) is 11.9. The number of benzene rings is 2. The molecule has 9 heteroatoms. The van der Waals surface area contributed by atoms with Crippen molar-refractivity contribution in [2.45, 2.75) is 25.4 Å². The number of carbonyl (C=O) groups is 4. The molecule has 3 heterocycles. The molecular formula is C24H24BrN3O5. The van der Waals surface area contributed by atoms with E-state index in [0.29, 0.717) is 28.9 Å². The van der Waals surface area contributed by atoms with E-state index in [0.717, 1.165) is 36.0 Å². The van der Waals surface area contributed by atoms with Crippen LogP contribution in [0.4, 0.5) is 0 Å². The summed E-state index contributed by atoms with van der Waals surface area (Å²) >= 11 is 3.31. The second kappa shape index (κ2) is 9.94. The van der Waals surface area contributed by atoms with Crippen molar-refractivity contribution < 1.29 is 23.9 Å². The second-order valence-electron chi connectivity index (χ2n) is 8.02. The van der Waals surface area contributed by atoms with E-state index in [2.05, 4.69) is 31.9 Å². The molecule has 33 heavy (non-hydrogen) atoms. The van der Waals surface area contributed by atoms with Crippen LogP contribution in [-0.4, -0.2) is 54.8 Å². The third-order valence-corrected chi connectivity index (χ3v) is 6.41. The topological polar surface area (TPSA) is 114 Å². The molecule has 1 saturated heterocycles. The summed E-state index contributed by atoms with van der Waals surface area (Å²) in [5, 5.41) is 8.70. The zero-order chi connectivity index (χ0) is 23.5. The Hall–Kier alpha value is -2.88. The molecule has 3 aliphatic heterocycles. The third kappa shape index (κ3) is 4.62. The van der Waals surface area contributed by atoms with Gasteiger partial charge in [0.25, 0.3) is 23.6 Å². The number of hydrogen-bond acceptors (Lipinski definition) is 6. The third-order valence-electron chi connectivity index (χ3n) is 6.01. The van der Waals surface area contributed by atoms with Crippen molar-refractivity contribution in [2.75, 3.05) is 25.0 Å². The largest absolute Gasteiger partial charge is 0.375 e. The molecule has 0 aliphatic carbocycles. The fraction of sp³-hybridized carbons (Fsp3) is 0.333. The Labute approximate surface area is 199 Å². The number of imide groups is 2. The highest BCUT2D eigenvalue weighted by Gasteiger charge is 2.33. The van der Waals surface area contributed by atoms with E-state index in [-0.39, 0.29) is 35.7 Å². The standard InChI is InChI=1S/C14H16N2O3.C10H8BrNO2/c1-8(11-7-15-5-6-19-11)9-3-2-4-10-12(9)14(18)16-13(10)17;11-5-4-6-2-1-3-7-8(6)10(14)12-9(7)13/h2-4,8,11,15H,5-7H2,1H3,(H,16,17,18);1-3H,4-5H2,(H,12,13,14). The summed E-state index contributed by atoms with van der Waals surface area (Å²) in [7, 11) is 0. The number of alkyl halides is 1. The lowest BCUT2D eigenvalue weighted by Crippen LogP contribution is -2.41. The van der Waals surface area contributed by atoms with Gasteiger partial charge in [-0.15, -0.1) is 0 Å². The van der Waals surface area contributed by atoms with Gasteiger partial charge >= 0.3 is 0 Å². The van der Waals surface area contributed by atoms with Gasteiger partial charge in [-0.1, -0.05) is 47.1 Å². The van der Waals surface area contributed by atoms with E-state index >= 15 is 0 Å². The number of rotatable bonds is 4. The normalized spacial score (nSPS) is 19.8. The lowest BCUT2D eigenvalue weighted by molar-refractivity contribution is 0.0145. The zero-order valence-corrected chi connectivity index (χ0v) is 19.7. The van der Waals surface area contributed by atoms with Gasteiger partial charge in [0.15, 0.2) is 0 Å². The van der Waals surface area contributed by atoms with Crippen LogP contribution >= 0.6 is 15.9 Å². The van der Waals surface area contributed by atoms with E-state index in [4.69, 9.17) is 4.74 Å². The van der Waals surface area contributed by atoms with Gasteiger partial charge < -0.3 is 10.1 Å². The van der Waals surface area contributed by atoms with Gasteiger partial charge in [-0.2, -0.15) is 0 Å². The van der Waals surface area contributed by atoms with Crippen molar-refractivity contribution in [1.29, 1.82) is 0 Å². The van der Waals surface area contributed by atoms with Crippen molar-refractivity contribution in [2.24, 2.45) is 0 Å². The minimum absolute atomic E-state index is 0.0313. The first-order chi connectivity index (χ1) is 15.9. The van der Waals surface area contributed by atoms with Crippen LogP contribution in [0.1, 0.15) is 65.4 Å². The van der Waals surface area contributed by atoms with Gasteiger partial charge in [0.1, 0.15) is 0 Å². The van der Waals surface area contributed by atoms with E-state index in [1.807, 2.05) is 25.1 Å². The quantitative estimate of drug-likeness (QED) is 0.426. The summed E-state index contributed by atoms with van der Waals surface area (Å²) in [5.41, 5.74) is 3.81. The molecule has 172 valence electrons. The average molecular weight is 514 g/mol. The molecule has 2 atom stereocenters. The van der Waals surface area contributed by atoms with Crippen LogP contribution in [0, 0.1) is 0 Å². The van der Waals surface area contributed by atoms with Gasteiger partial charge in [0.2, 0.25) is 0 Å². The second-order valence-corrected chi connectivity index (χ2v) is 8.81. The first-order valence-electron chi connectivity index (χ1n) is 10.8. The molecule has 4 amide bonds. The molecule has 2 unspecified atom stereocenters. The van der Waals surface area contributed by atoms with Crippen LogP contribution in [0.15, 0.2) is 36.4 Å². The zero-order valence-electron chi connectivity index (χ0n) is 18.1. The van der Waals surface area contributed by atoms with Gasteiger partial charge in [-0.25, -0.2) is 0 Å². The number of ether oxygens (including phenoxy) is 1. The summed E-state index contributed by atoms with van der Waals surface area (Å²) < 4.78 is 5.74. The summed E-state index contributed by atoms with van der Waals surface area (Å²) in [5.74, 6) is -1.11. The molecule has 0 radical (unpaired) electrons. The molecule has 0 saturated carbocycles. The molecule has 3 aliphatic rings. The van der Waals surface area contributed by atoms with Gasteiger partial charge in [0.05, 0.1) is 35.0 Å². The molecule has 5 rings (SSSR count). The molecule has 2 aromatic rings. The number of halogens is 1. The molecule has 8 nitrogen and oxygen atoms in total. The molecule has 0 bridgehead atoms. The van der Waals surface area contributed by atoms with E-state index in [1.165, 1.54) is 0 Å². The molecular weight excluding hydrogens is 490 g/mol. The van der Waals surface area contributed by atoms with Gasteiger partial charge in [-0.05, 0) is 29.7 Å². The van der Waals surface area contributed by atoms with Crippen LogP contribution < -0.4 is 16.0 Å². The number of morpholine rings is 1. The fourth-order valence-corrected chi connectivity index (χ4v) is 4.76. The number of amides is 4. The van der Waals surface area contributed by atoms with Crippen LogP contribution in [0.3, 0.4) is 0 Å². The van der Waals surface area contributed by atoms with Crippen molar-refractivity contribution in [3.05, 3.63) is 69.8 Å². The maximum Gasteiger partial charge on any atom is 0.259 e. The van der Waals surface area contributed by atoms with Crippen molar-refractivity contribution in [3.63, 3.8) is 0 Å². The number of fused-ring (bicyclic) bond motifs is 2. The Kier molecular flexibility index (Phi) is 7.02. The Morgan fingerprint density at radius 3 is 2.21 bits per heavy atom. The fourth-order valence-electron chi connectivity index (χ4n) is 4.33. The number of hydrogen-bond donors (Lipinski definition) is 3. The predicted molar refractivity (Wildman–Crippen MR) is 125 cm³/mol. The van der Waals surface area contributed by atoms with E-state index < -0.39 is 0 Å². The van der Waals surface area contributed by atoms with Crippen LogP contribution in [0.5, 0.6) is 0 Å². The molecule has 2 aromatic carbocycles. The lowest BCUT2D eigenvalue weighted by atomic mass is 9.89. The highest BCUT2D eigenvalue weighted by molar-refractivity contribution is 9.09. The predicted octanol–water partition coefficient (Wildman–Crippen LogP) is 2.17. The Morgan fingerprint density at radius 2 is 1.58 bits per heavy atom. The number of nitrogens with one attached hydrogen (secondary N) is 3. The Morgan fingerprint density at radius 1 is 0.939 bits per heavy atom. The molecule has 3 N–H and O–H groups in total. The van der Waals surface area contributed by atoms with E-state index in [9.17, 15) is 19.2 Å². The first kappa shape index (κ1) is 23.3. The monoisotopic (exact) mass is 513 g/mol. The average Bonchev–Trinajstić information content (AvgIpc) is 3.29. The van der Waals surface area contributed by atoms with Crippen molar-refractivity contribution in [1.82, 2.24) is 16.0 Å². The summed E-state index contributed by atoms with van der Waals surface area (Å²) in [6.45, 7) is 4.33. The minimum atomic E-state index is -0.309. The Balaban J connectivity index is 0.000000165. The van der Waals surface area contributed by atoms with E-state index in [1.54, 1.807) is 18.2 Å². The minimum Gasteiger partial charge on any atom is -0.375 e. The Bertz CT molecular complexity index is 1130. The summed E-state index contributed by atoms with van der Waals surface area (Å²) in [6.07, 6.45) is 0.785. The highest BCUT2D eigenvalue weighted by Crippen LogP contribution is 2.30. The SMILES string of the molecule is CC(c1cccc2c1C(=O)NC2=O)C1CNCCO1.O=C1NC(=O)c2c(CCBr)cccc21. The maximum absolute atomic E-state index is 11.9. The summed E-state index contributed by atoms with van der Waals surface area (Å²) in [6, 6.07) is 10.8. The van der Waals surface area contributed by atoms with Crippen LogP contribution in [0.25, 0.3) is 0 Å². The maximum atomic E-state index is 11.9. The van der Waals surface area contributed by atoms with Crippen LogP contribution in [0.2, 0.25) is 0 Å². The smallest absolute Gasteiger partial charge is 0.259 e. The van der Waals surface area contributed by atoms with Crippen molar-refractivity contribution >= 4 is 39.6 Å². The number of carbonyl (C=O) groups excluding carboxylic acids is 4. The van der Waals surface area contributed by atoms with Crippen molar-refractivity contribution in [3.8, 4) is 0 Å². The molecule has 0 aromatic heterocycles. The van der Waals surface area contributed by atoms with Gasteiger partial charge in [0, 0.05) is 24.3 Å². The highest BCUT2D eigenvalue weighted by atomic mass is 79.9. The molecule has 1 fully saturated rings. The van der Waals surface area contributed by atoms with Crippen LogP contribution in [-0.2, 0) is 11.2 Å². The van der Waals surface area contributed by atoms with Gasteiger partial charge in [-0.3, -0.25) is 29.8 Å². The number of aryl methyl sites for hydroxylation is 1. The lowest BCUT2D eigenvalue weighted by Gasteiger charge is -2.29.